The number of benzene rings is 1. The second-order valence-corrected chi connectivity index (χ2v) is 4.45. The molecule has 2 aromatic rings. The fraction of sp³-hybridized carbons (Fsp3) is 0.182. The van der Waals surface area contributed by atoms with Crippen molar-refractivity contribution >= 4 is 23.2 Å². The van der Waals surface area contributed by atoms with E-state index in [0.717, 1.165) is 11.3 Å². The molecule has 0 aliphatic rings. The molecular formula is C11H11Cl2N3. The van der Waals surface area contributed by atoms with Gasteiger partial charge in [-0.3, -0.25) is 0 Å². The normalized spacial score (nSPS) is 12.8. The van der Waals surface area contributed by atoms with E-state index in [1.54, 1.807) is 17.1 Å². The summed E-state index contributed by atoms with van der Waals surface area (Å²) in [5, 5.41) is 5.27. The standard InChI is InChI=1S/C11H11Cl2N3/c1-7(14)8-2-3-11(10(13)4-8)16-6-9(12)5-15-16/h2-7H,14H2,1H3/t7-/m1/s1. The zero-order chi connectivity index (χ0) is 11.7. The molecule has 5 heteroatoms. The van der Waals surface area contributed by atoms with Crippen molar-refractivity contribution in [2.45, 2.75) is 13.0 Å². The molecule has 3 nitrogen and oxygen atoms in total. The molecule has 0 saturated heterocycles. The average Bonchev–Trinajstić information content (AvgIpc) is 2.64. The minimum atomic E-state index is -0.0345. The molecule has 0 aliphatic carbocycles. The number of halogens is 2. The molecule has 2 rings (SSSR count). The highest BCUT2D eigenvalue weighted by Crippen LogP contribution is 2.24. The van der Waals surface area contributed by atoms with Crippen LogP contribution in [0, 0.1) is 0 Å². The Hall–Kier alpha value is -1.03. The van der Waals surface area contributed by atoms with Gasteiger partial charge in [-0.25, -0.2) is 4.68 Å². The van der Waals surface area contributed by atoms with Gasteiger partial charge >= 0.3 is 0 Å². The van der Waals surface area contributed by atoms with Crippen molar-refractivity contribution < 1.29 is 0 Å². The van der Waals surface area contributed by atoms with Gasteiger partial charge in [0.05, 0.1) is 21.9 Å². The van der Waals surface area contributed by atoms with Crippen molar-refractivity contribution in [3.63, 3.8) is 0 Å². The third kappa shape index (κ3) is 2.21. The van der Waals surface area contributed by atoms with Gasteiger partial charge in [-0.05, 0) is 24.6 Å². The van der Waals surface area contributed by atoms with Gasteiger partial charge in [0.2, 0.25) is 0 Å². The molecule has 2 N–H and O–H groups in total. The summed E-state index contributed by atoms with van der Waals surface area (Å²) in [6.45, 7) is 1.91. The molecule has 1 aromatic heterocycles. The van der Waals surface area contributed by atoms with Crippen LogP contribution in [-0.4, -0.2) is 9.78 Å². The third-order valence-electron chi connectivity index (χ3n) is 2.30. The summed E-state index contributed by atoms with van der Waals surface area (Å²) in [5.41, 5.74) is 7.56. The van der Waals surface area contributed by atoms with Gasteiger partial charge in [0.25, 0.3) is 0 Å². The molecule has 1 atom stereocenters. The van der Waals surface area contributed by atoms with Crippen LogP contribution in [0.2, 0.25) is 10.0 Å². The number of rotatable bonds is 2. The van der Waals surface area contributed by atoms with E-state index < -0.39 is 0 Å². The Kier molecular flexibility index (Phi) is 3.19. The van der Waals surface area contributed by atoms with Crippen molar-refractivity contribution in [3.8, 4) is 5.69 Å². The van der Waals surface area contributed by atoms with Gasteiger partial charge < -0.3 is 5.73 Å². The molecule has 0 unspecified atom stereocenters. The molecule has 84 valence electrons. The van der Waals surface area contributed by atoms with Gasteiger partial charge in [-0.15, -0.1) is 0 Å². The van der Waals surface area contributed by atoms with Crippen LogP contribution < -0.4 is 5.73 Å². The maximum atomic E-state index is 6.16. The molecule has 1 aromatic carbocycles. The maximum absolute atomic E-state index is 6.16. The van der Waals surface area contributed by atoms with E-state index in [9.17, 15) is 0 Å². The molecule has 0 fully saturated rings. The van der Waals surface area contributed by atoms with E-state index in [4.69, 9.17) is 28.9 Å². The summed E-state index contributed by atoms with van der Waals surface area (Å²) < 4.78 is 1.63. The molecule has 0 amide bonds. The fourth-order valence-corrected chi connectivity index (χ4v) is 1.84. The van der Waals surface area contributed by atoms with Gasteiger partial charge in [-0.1, -0.05) is 29.3 Å². The number of nitrogens with zero attached hydrogens (tertiary/aromatic N) is 2. The molecule has 0 radical (unpaired) electrons. The van der Waals surface area contributed by atoms with Crippen LogP contribution in [0.25, 0.3) is 5.69 Å². The quantitative estimate of drug-likeness (QED) is 0.896. The minimum Gasteiger partial charge on any atom is -0.324 e. The van der Waals surface area contributed by atoms with Crippen molar-refractivity contribution in [1.82, 2.24) is 9.78 Å². The summed E-state index contributed by atoms with van der Waals surface area (Å²) in [7, 11) is 0. The number of hydrogen-bond donors (Lipinski definition) is 1. The second kappa shape index (κ2) is 4.45. The van der Waals surface area contributed by atoms with E-state index in [-0.39, 0.29) is 6.04 Å². The first kappa shape index (κ1) is 11.5. The largest absolute Gasteiger partial charge is 0.324 e. The average molecular weight is 256 g/mol. The van der Waals surface area contributed by atoms with Crippen LogP contribution in [0.1, 0.15) is 18.5 Å². The summed E-state index contributed by atoms with van der Waals surface area (Å²) in [4.78, 5) is 0. The van der Waals surface area contributed by atoms with Crippen molar-refractivity contribution in [2.24, 2.45) is 5.73 Å². The number of aromatic nitrogens is 2. The Morgan fingerprint density at radius 2 is 2.12 bits per heavy atom. The fourth-order valence-electron chi connectivity index (χ4n) is 1.42. The molecule has 0 spiro atoms. The highest BCUT2D eigenvalue weighted by atomic mass is 35.5. The van der Waals surface area contributed by atoms with Crippen LogP contribution in [0.15, 0.2) is 30.6 Å². The molecule has 16 heavy (non-hydrogen) atoms. The highest BCUT2D eigenvalue weighted by molar-refractivity contribution is 6.32. The first-order chi connectivity index (χ1) is 7.58. The van der Waals surface area contributed by atoms with Crippen LogP contribution in [0.3, 0.4) is 0 Å². The Morgan fingerprint density at radius 3 is 2.62 bits per heavy atom. The van der Waals surface area contributed by atoms with Crippen molar-refractivity contribution in [1.29, 1.82) is 0 Å². The van der Waals surface area contributed by atoms with Crippen LogP contribution in [-0.2, 0) is 0 Å². The summed E-state index contributed by atoms with van der Waals surface area (Å²) in [5.74, 6) is 0. The number of hydrogen-bond acceptors (Lipinski definition) is 2. The molecular weight excluding hydrogens is 245 g/mol. The second-order valence-electron chi connectivity index (χ2n) is 3.60. The van der Waals surface area contributed by atoms with E-state index >= 15 is 0 Å². The van der Waals surface area contributed by atoms with E-state index in [2.05, 4.69) is 5.10 Å². The molecule has 1 heterocycles. The predicted molar refractivity (Wildman–Crippen MR) is 66.2 cm³/mol. The highest BCUT2D eigenvalue weighted by Gasteiger charge is 2.07. The van der Waals surface area contributed by atoms with E-state index in [1.165, 1.54) is 0 Å². The zero-order valence-corrected chi connectivity index (χ0v) is 10.2. The Balaban J connectivity index is 2.44. The van der Waals surface area contributed by atoms with E-state index in [1.807, 2.05) is 25.1 Å². The predicted octanol–water partition coefficient (Wildman–Crippen LogP) is 3.20. The molecule has 0 aliphatic heterocycles. The van der Waals surface area contributed by atoms with Crippen molar-refractivity contribution in [2.75, 3.05) is 0 Å². The lowest BCUT2D eigenvalue weighted by Crippen LogP contribution is -2.05. The first-order valence-corrected chi connectivity index (χ1v) is 5.59. The molecule has 0 bridgehead atoms. The minimum absolute atomic E-state index is 0.0345. The van der Waals surface area contributed by atoms with Gasteiger partial charge in [0, 0.05) is 12.2 Å². The lowest BCUT2D eigenvalue weighted by molar-refractivity contribution is 0.814. The van der Waals surface area contributed by atoms with Crippen LogP contribution in [0.4, 0.5) is 0 Å². The smallest absolute Gasteiger partial charge is 0.0832 e. The molecule has 0 saturated carbocycles. The number of nitrogens with two attached hydrogens (primary N) is 1. The Bertz CT molecular complexity index is 506. The van der Waals surface area contributed by atoms with Gasteiger partial charge in [-0.2, -0.15) is 5.10 Å². The van der Waals surface area contributed by atoms with E-state index in [0.29, 0.717) is 10.0 Å². The first-order valence-electron chi connectivity index (χ1n) is 4.83. The topological polar surface area (TPSA) is 43.8 Å². The third-order valence-corrected chi connectivity index (χ3v) is 2.79. The summed E-state index contributed by atoms with van der Waals surface area (Å²) in [6, 6.07) is 5.62. The zero-order valence-electron chi connectivity index (χ0n) is 8.69. The monoisotopic (exact) mass is 255 g/mol. The van der Waals surface area contributed by atoms with Crippen LogP contribution >= 0.6 is 23.2 Å². The lowest BCUT2D eigenvalue weighted by Gasteiger charge is -2.09. The lowest BCUT2D eigenvalue weighted by atomic mass is 10.1. The Morgan fingerprint density at radius 1 is 1.38 bits per heavy atom. The van der Waals surface area contributed by atoms with Gasteiger partial charge in [0.1, 0.15) is 0 Å². The summed E-state index contributed by atoms with van der Waals surface area (Å²) >= 11 is 12.0. The maximum Gasteiger partial charge on any atom is 0.0832 e. The summed E-state index contributed by atoms with van der Waals surface area (Å²) in [6.07, 6.45) is 3.27. The van der Waals surface area contributed by atoms with Crippen LogP contribution in [0.5, 0.6) is 0 Å². The van der Waals surface area contributed by atoms with Crippen molar-refractivity contribution in [3.05, 3.63) is 46.2 Å². The van der Waals surface area contributed by atoms with Gasteiger partial charge in [0.15, 0.2) is 0 Å². The Labute approximate surface area is 104 Å². The SMILES string of the molecule is C[C@@H](N)c1ccc(-n2cc(Cl)cn2)c(Cl)c1.